The van der Waals surface area contributed by atoms with Crippen molar-refractivity contribution >= 4 is 11.9 Å². The lowest BCUT2D eigenvalue weighted by atomic mass is 10.2. The van der Waals surface area contributed by atoms with Crippen molar-refractivity contribution in [1.82, 2.24) is 15.1 Å². The summed E-state index contributed by atoms with van der Waals surface area (Å²) in [5, 5.41) is 3.18. The normalized spacial score (nSPS) is 23.9. The predicted octanol–water partition coefficient (Wildman–Crippen LogP) is -0.00420. The molecule has 0 aromatic rings. The minimum Gasteiger partial charge on any atom is -0.370 e. The summed E-state index contributed by atoms with van der Waals surface area (Å²) in [5.41, 5.74) is 5.79. The zero-order chi connectivity index (χ0) is 14.5. The van der Waals surface area contributed by atoms with E-state index in [0.29, 0.717) is 12.0 Å². The molecule has 1 saturated heterocycles. The first-order chi connectivity index (χ1) is 9.58. The molecule has 1 atom stereocenters. The number of hydrogen-bond acceptors (Lipinski definition) is 3. The first-order valence-electron chi connectivity index (χ1n) is 7.59. The minimum absolute atomic E-state index is 0.0657. The van der Waals surface area contributed by atoms with Crippen molar-refractivity contribution in [2.24, 2.45) is 10.7 Å². The fraction of sp³-hybridized carbons (Fsp3) is 0.857. The van der Waals surface area contributed by atoms with Crippen molar-refractivity contribution in [3.63, 3.8) is 0 Å². The van der Waals surface area contributed by atoms with Gasteiger partial charge in [0.1, 0.15) is 0 Å². The Balaban J connectivity index is 1.68. The van der Waals surface area contributed by atoms with E-state index in [9.17, 15) is 4.79 Å². The fourth-order valence-corrected chi connectivity index (χ4v) is 2.63. The number of aliphatic imine (C=N–C) groups is 1. The molecule has 0 spiro atoms. The van der Waals surface area contributed by atoms with E-state index in [1.165, 1.54) is 12.8 Å². The van der Waals surface area contributed by atoms with Crippen LogP contribution in [0.3, 0.4) is 0 Å². The molecule has 2 rings (SSSR count). The third kappa shape index (κ3) is 4.37. The van der Waals surface area contributed by atoms with Crippen molar-refractivity contribution in [3.05, 3.63) is 0 Å². The van der Waals surface area contributed by atoms with Crippen LogP contribution in [0.15, 0.2) is 4.99 Å². The topological polar surface area (TPSA) is 74.0 Å². The van der Waals surface area contributed by atoms with Crippen molar-refractivity contribution in [2.45, 2.75) is 44.2 Å². The van der Waals surface area contributed by atoms with Gasteiger partial charge >= 0.3 is 0 Å². The van der Waals surface area contributed by atoms with Crippen LogP contribution in [-0.2, 0) is 4.79 Å². The second-order valence-electron chi connectivity index (χ2n) is 5.97. The van der Waals surface area contributed by atoms with Crippen LogP contribution in [0.4, 0.5) is 0 Å². The predicted molar refractivity (Wildman–Crippen MR) is 80.6 cm³/mol. The number of nitrogens with two attached hydrogens (primary N) is 1. The molecule has 20 heavy (non-hydrogen) atoms. The summed E-state index contributed by atoms with van der Waals surface area (Å²) < 4.78 is 0. The van der Waals surface area contributed by atoms with Gasteiger partial charge < -0.3 is 16.0 Å². The number of nitrogens with one attached hydrogen (secondary N) is 1. The molecule has 6 nitrogen and oxygen atoms in total. The smallest absolute Gasteiger partial charge is 0.239 e. The molecule has 1 saturated carbocycles. The Hall–Kier alpha value is -1.30. The fourth-order valence-electron chi connectivity index (χ4n) is 2.63. The highest BCUT2D eigenvalue weighted by molar-refractivity contribution is 5.81. The van der Waals surface area contributed by atoms with Gasteiger partial charge in [0.2, 0.25) is 5.91 Å². The lowest BCUT2D eigenvalue weighted by Gasteiger charge is -2.25. The van der Waals surface area contributed by atoms with Crippen LogP contribution in [0.2, 0.25) is 0 Å². The van der Waals surface area contributed by atoms with Crippen molar-refractivity contribution in [1.29, 1.82) is 0 Å². The Morgan fingerprint density at radius 2 is 2.15 bits per heavy atom. The highest BCUT2D eigenvalue weighted by Crippen LogP contribution is 2.19. The number of carbonyl (C=O) groups excluding carboxylic acids is 1. The first kappa shape index (κ1) is 15.1. The first-order valence-corrected chi connectivity index (χ1v) is 7.59. The van der Waals surface area contributed by atoms with Crippen molar-refractivity contribution in [2.75, 3.05) is 33.7 Å². The quantitative estimate of drug-likeness (QED) is 0.408. The molecule has 0 radical (unpaired) electrons. The van der Waals surface area contributed by atoms with Crippen LogP contribution in [0.5, 0.6) is 0 Å². The Kier molecular flexibility index (Phi) is 5.23. The van der Waals surface area contributed by atoms with Crippen LogP contribution in [0.25, 0.3) is 0 Å². The standard InChI is InChI=1S/C14H27N5O/c1-18(2)13(20)12-5-3-9-19(12)10-4-8-16-14(15)17-11-6-7-11/h11-12H,3-10H2,1-2H3,(H3,15,16,17). The largest absolute Gasteiger partial charge is 0.370 e. The number of rotatable bonds is 6. The van der Waals surface area contributed by atoms with Crippen molar-refractivity contribution < 1.29 is 4.79 Å². The number of nitrogens with zero attached hydrogens (tertiary/aromatic N) is 3. The molecule has 0 aromatic heterocycles. The second kappa shape index (κ2) is 6.92. The van der Waals surface area contributed by atoms with Gasteiger partial charge in [-0.3, -0.25) is 14.7 Å². The van der Waals surface area contributed by atoms with E-state index in [-0.39, 0.29) is 11.9 Å². The van der Waals surface area contributed by atoms with Crippen molar-refractivity contribution in [3.8, 4) is 0 Å². The average molecular weight is 281 g/mol. The van der Waals surface area contributed by atoms with Gasteiger partial charge in [0, 0.05) is 33.2 Å². The highest BCUT2D eigenvalue weighted by atomic mass is 16.2. The molecule has 1 aliphatic carbocycles. The Morgan fingerprint density at radius 3 is 2.80 bits per heavy atom. The minimum atomic E-state index is 0.0657. The van der Waals surface area contributed by atoms with E-state index >= 15 is 0 Å². The molecule has 6 heteroatoms. The maximum absolute atomic E-state index is 12.1. The van der Waals surface area contributed by atoms with E-state index in [2.05, 4.69) is 15.2 Å². The number of guanidine groups is 1. The molecule has 0 bridgehead atoms. The van der Waals surface area contributed by atoms with Crippen LogP contribution in [0.1, 0.15) is 32.1 Å². The van der Waals surface area contributed by atoms with E-state index in [1.807, 2.05) is 14.1 Å². The Labute approximate surface area is 121 Å². The number of likely N-dealkylation sites (N-methyl/N-ethyl adjacent to an activating group) is 1. The molecule has 0 aromatic carbocycles. The monoisotopic (exact) mass is 281 g/mol. The number of hydrogen-bond donors (Lipinski definition) is 2. The SMILES string of the molecule is CN(C)C(=O)C1CCCN1CCCN=C(N)NC1CC1. The summed E-state index contributed by atoms with van der Waals surface area (Å²) in [6.07, 6.45) is 5.45. The maximum Gasteiger partial charge on any atom is 0.239 e. The number of carbonyl (C=O) groups is 1. The second-order valence-corrected chi connectivity index (χ2v) is 5.97. The van der Waals surface area contributed by atoms with E-state index in [4.69, 9.17) is 5.73 Å². The van der Waals surface area contributed by atoms with Gasteiger partial charge in [0.25, 0.3) is 0 Å². The van der Waals surface area contributed by atoms with Gasteiger partial charge in [0.15, 0.2) is 5.96 Å². The summed E-state index contributed by atoms with van der Waals surface area (Å²) in [4.78, 5) is 20.4. The number of likely N-dealkylation sites (tertiary alicyclic amines) is 1. The molecule has 1 unspecified atom stereocenters. The lowest BCUT2D eigenvalue weighted by molar-refractivity contribution is -0.133. The van der Waals surface area contributed by atoms with Gasteiger partial charge in [-0.1, -0.05) is 0 Å². The van der Waals surface area contributed by atoms with Gasteiger partial charge in [0.05, 0.1) is 6.04 Å². The molecule has 1 heterocycles. The third-order valence-corrected chi connectivity index (χ3v) is 3.90. The molecule has 114 valence electrons. The summed E-state index contributed by atoms with van der Waals surface area (Å²) in [6.45, 7) is 2.67. The summed E-state index contributed by atoms with van der Waals surface area (Å²) in [5.74, 6) is 0.788. The summed E-state index contributed by atoms with van der Waals surface area (Å²) in [7, 11) is 3.65. The lowest BCUT2D eigenvalue weighted by Crippen LogP contribution is -2.43. The average Bonchev–Trinajstić information content (AvgIpc) is 3.09. The van der Waals surface area contributed by atoms with Gasteiger partial charge in [-0.2, -0.15) is 0 Å². The van der Waals surface area contributed by atoms with Gasteiger partial charge in [-0.05, 0) is 38.6 Å². The van der Waals surface area contributed by atoms with Crippen LogP contribution in [-0.4, -0.2) is 67.5 Å². The molecule has 2 aliphatic rings. The highest BCUT2D eigenvalue weighted by Gasteiger charge is 2.30. The summed E-state index contributed by atoms with van der Waals surface area (Å²) >= 11 is 0. The molecular formula is C14H27N5O. The maximum atomic E-state index is 12.1. The van der Waals surface area contributed by atoms with Gasteiger partial charge in [-0.25, -0.2) is 0 Å². The van der Waals surface area contributed by atoms with E-state index in [1.54, 1.807) is 4.90 Å². The molecule has 1 amide bonds. The molecule has 3 N–H and O–H groups in total. The van der Waals surface area contributed by atoms with E-state index < -0.39 is 0 Å². The molecular weight excluding hydrogens is 254 g/mol. The zero-order valence-electron chi connectivity index (χ0n) is 12.6. The molecule has 1 aliphatic heterocycles. The van der Waals surface area contributed by atoms with E-state index in [0.717, 1.165) is 38.9 Å². The summed E-state index contributed by atoms with van der Waals surface area (Å²) in [6, 6.07) is 0.621. The zero-order valence-corrected chi connectivity index (χ0v) is 12.6. The van der Waals surface area contributed by atoms with Gasteiger partial charge in [-0.15, -0.1) is 0 Å². The third-order valence-electron chi connectivity index (χ3n) is 3.90. The number of amides is 1. The molecule has 2 fully saturated rings. The van der Waals surface area contributed by atoms with Crippen LogP contribution < -0.4 is 11.1 Å². The van der Waals surface area contributed by atoms with Crippen LogP contribution >= 0.6 is 0 Å². The Bertz CT molecular complexity index is 365. The Morgan fingerprint density at radius 1 is 1.40 bits per heavy atom. The van der Waals surface area contributed by atoms with Crippen LogP contribution in [0, 0.1) is 0 Å².